The Morgan fingerprint density at radius 2 is 2.18 bits per heavy atom. The molecule has 1 aliphatic heterocycles. The number of carbonyl (C=O) groups excluding carboxylic acids is 1. The van der Waals surface area contributed by atoms with Gasteiger partial charge in [-0.05, 0) is 48.7 Å². The van der Waals surface area contributed by atoms with Gasteiger partial charge in [0.15, 0.2) is 0 Å². The van der Waals surface area contributed by atoms with Gasteiger partial charge in [-0.1, -0.05) is 12.1 Å². The predicted octanol–water partition coefficient (Wildman–Crippen LogP) is 3.78. The number of fused-ring (bicyclic) bond motifs is 1. The Kier molecular flexibility index (Phi) is 5.43. The number of H-pyrrole nitrogens is 1. The van der Waals surface area contributed by atoms with Crippen LogP contribution in [0.4, 0.5) is 10.5 Å². The predicted molar refractivity (Wildman–Crippen MR) is 107 cm³/mol. The van der Waals surface area contributed by atoms with Crippen LogP contribution in [0.3, 0.4) is 0 Å². The average Bonchev–Trinajstić information content (AvgIpc) is 3.39. The third-order valence-corrected chi connectivity index (χ3v) is 4.96. The molecule has 0 aliphatic carbocycles. The molecule has 146 valence electrons. The molecule has 0 radical (unpaired) electrons. The fourth-order valence-electron chi connectivity index (χ4n) is 3.43. The van der Waals surface area contributed by atoms with Crippen molar-refractivity contribution in [3.63, 3.8) is 0 Å². The molecule has 2 heterocycles. The summed E-state index contributed by atoms with van der Waals surface area (Å²) in [6.45, 7) is 1.83. The van der Waals surface area contributed by atoms with Gasteiger partial charge in [0.2, 0.25) is 0 Å². The van der Waals surface area contributed by atoms with E-state index in [9.17, 15) is 4.79 Å². The second kappa shape index (κ2) is 8.31. The lowest BCUT2D eigenvalue weighted by molar-refractivity contribution is 0.0819. The third-order valence-electron chi connectivity index (χ3n) is 4.96. The van der Waals surface area contributed by atoms with Crippen molar-refractivity contribution in [2.75, 3.05) is 25.6 Å². The van der Waals surface area contributed by atoms with Gasteiger partial charge in [0.05, 0.1) is 24.9 Å². The molecule has 1 aromatic heterocycles. The molecule has 0 bridgehead atoms. The zero-order valence-electron chi connectivity index (χ0n) is 15.9. The van der Waals surface area contributed by atoms with E-state index in [4.69, 9.17) is 9.47 Å². The van der Waals surface area contributed by atoms with Crippen LogP contribution in [0.15, 0.2) is 48.7 Å². The molecule has 0 unspecified atom stereocenters. The summed E-state index contributed by atoms with van der Waals surface area (Å²) in [5, 5.41) is 10.9. The van der Waals surface area contributed by atoms with E-state index >= 15 is 0 Å². The zero-order chi connectivity index (χ0) is 19.3. The second-order valence-electron chi connectivity index (χ2n) is 6.97. The van der Waals surface area contributed by atoms with E-state index < -0.39 is 0 Å². The molecule has 0 saturated carbocycles. The standard InChI is InChI=1S/C21H24N4O3/c1-27-18-7-4-15(5-8-18)13-25(14-19-3-2-10-28-19)21(26)23-17-6-9-20-16(11-17)12-22-24-20/h4-9,11-12,19H,2-3,10,13-14H2,1H3,(H,22,24)(H,23,26)/t19-/m1/s1. The first-order valence-corrected chi connectivity index (χ1v) is 9.45. The lowest BCUT2D eigenvalue weighted by Crippen LogP contribution is -2.39. The minimum Gasteiger partial charge on any atom is -0.497 e. The maximum absolute atomic E-state index is 13.0. The number of carbonyl (C=O) groups is 1. The Bertz CT molecular complexity index is 932. The van der Waals surface area contributed by atoms with Crippen LogP contribution in [0.1, 0.15) is 18.4 Å². The van der Waals surface area contributed by atoms with Crippen molar-refractivity contribution in [2.24, 2.45) is 0 Å². The average molecular weight is 380 g/mol. The number of nitrogens with one attached hydrogen (secondary N) is 2. The van der Waals surface area contributed by atoms with Crippen molar-refractivity contribution in [3.8, 4) is 5.75 Å². The first-order valence-electron chi connectivity index (χ1n) is 9.45. The molecule has 2 N–H and O–H groups in total. The summed E-state index contributed by atoms with van der Waals surface area (Å²) in [6.07, 6.45) is 3.85. The molecule has 7 heteroatoms. The Balaban J connectivity index is 1.49. The number of urea groups is 1. The van der Waals surface area contributed by atoms with Gasteiger partial charge in [0.1, 0.15) is 5.75 Å². The summed E-state index contributed by atoms with van der Waals surface area (Å²) in [7, 11) is 1.64. The van der Waals surface area contributed by atoms with Gasteiger partial charge in [-0.15, -0.1) is 0 Å². The van der Waals surface area contributed by atoms with Crippen molar-refractivity contribution in [1.29, 1.82) is 0 Å². The smallest absolute Gasteiger partial charge is 0.322 e. The highest BCUT2D eigenvalue weighted by Gasteiger charge is 2.23. The lowest BCUT2D eigenvalue weighted by Gasteiger charge is -2.26. The van der Waals surface area contributed by atoms with E-state index in [1.165, 1.54) is 0 Å². The van der Waals surface area contributed by atoms with Gasteiger partial charge in [-0.3, -0.25) is 5.10 Å². The summed E-state index contributed by atoms with van der Waals surface area (Å²) >= 11 is 0. The van der Waals surface area contributed by atoms with Crippen LogP contribution in [-0.2, 0) is 11.3 Å². The number of methoxy groups -OCH3 is 1. The molecule has 2 aromatic carbocycles. The van der Waals surface area contributed by atoms with Gasteiger partial charge in [0, 0.05) is 30.8 Å². The van der Waals surface area contributed by atoms with E-state index in [0.29, 0.717) is 13.1 Å². The maximum Gasteiger partial charge on any atom is 0.322 e. The highest BCUT2D eigenvalue weighted by atomic mass is 16.5. The quantitative estimate of drug-likeness (QED) is 0.682. The van der Waals surface area contributed by atoms with Crippen LogP contribution < -0.4 is 10.1 Å². The lowest BCUT2D eigenvalue weighted by atomic mass is 10.2. The van der Waals surface area contributed by atoms with E-state index in [1.807, 2.05) is 42.5 Å². The second-order valence-corrected chi connectivity index (χ2v) is 6.97. The number of hydrogen-bond donors (Lipinski definition) is 2. The number of aromatic amines is 1. The molecule has 1 atom stereocenters. The monoisotopic (exact) mass is 380 g/mol. The van der Waals surface area contributed by atoms with Crippen molar-refractivity contribution in [3.05, 3.63) is 54.2 Å². The zero-order valence-corrected chi connectivity index (χ0v) is 15.9. The maximum atomic E-state index is 13.0. The Morgan fingerprint density at radius 3 is 2.93 bits per heavy atom. The van der Waals surface area contributed by atoms with Gasteiger partial charge in [0.25, 0.3) is 0 Å². The van der Waals surface area contributed by atoms with Gasteiger partial charge in [-0.25, -0.2) is 4.79 Å². The molecule has 4 rings (SSSR count). The first kappa shape index (κ1) is 18.3. The molecule has 3 aromatic rings. The van der Waals surface area contributed by atoms with Crippen LogP contribution in [0, 0.1) is 0 Å². The molecule has 1 saturated heterocycles. The summed E-state index contributed by atoms with van der Waals surface area (Å²) in [6, 6.07) is 13.3. The number of anilines is 1. The number of benzene rings is 2. The van der Waals surface area contributed by atoms with Crippen molar-refractivity contribution >= 4 is 22.6 Å². The van der Waals surface area contributed by atoms with Crippen molar-refractivity contribution in [1.82, 2.24) is 15.1 Å². The number of aromatic nitrogens is 2. The van der Waals surface area contributed by atoms with Crippen LogP contribution >= 0.6 is 0 Å². The van der Waals surface area contributed by atoms with E-state index in [1.54, 1.807) is 18.2 Å². The third kappa shape index (κ3) is 4.26. The van der Waals surface area contributed by atoms with Crippen LogP contribution in [0.5, 0.6) is 5.75 Å². The first-order chi connectivity index (χ1) is 13.7. The Morgan fingerprint density at radius 1 is 1.32 bits per heavy atom. The summed E-state index contributed by atoms with van der Waals surface area (Å²) in [5.74, 6) is 0.798. The number of hydrogen-bond acceptors (Lipinski definition) is 4. The normalized spacial score (nSPS) is 16.2. The molecular weight excluding hydrogens is 356 g/mol. The molecule has 1 aliphatic rings. The molecule has 0 spiro atoms. The number of nitrogens with zero attached hydrogens (tertiary/aromatic N) is 2. The van der Waals surface area contributed by atoms with E-state index in [-0.39, 0.29) is 12.1 Å². The summed E-state index contributed by atoms with van der Waals surface area (Å²) in [4.78, 5) is 14.8. The van der Waals surface area contributed by atoms with Crippen molar-refractivity contribution < 1.29 is 14.3 Å². The van der Waals surface area contributed by atoms with E-state index in [2.05, 4.69) is 15.5 Å². The Labute approximate surface area is 163 Å². The highest BCUT2D eigenvalue weighted by molar-refractivity contribution is 5.92. The minimum absolute atomic E-state index is 0.0837. The molecule has 28 heavy (non-hydrogen) atoms. The van der Waals surface area contributed by atoms with Gasteiger partial charge < -0.3 is 19.7 Å². The van der Waals surface area contributed by atoms with Gasteiger partial charge in [-0.2, -0.15) is 5.10 Å². The van der Waals surface area contributed by atoms with E-state index in [0.717, 1.165) is 47.4 Å². The van der Waals surface area contributed by atoms with Crippen molar-refractivity contribution in [2.45, 2.75) is 25.5 Å². The molecule has 1 fully saturated rings. The molecule has 7 nitrogen and oxygen atoms in total. The fraction of sp³-hybridized carbons (Fsp3) is 0.333. The summed E-state index contributed by atoms with van der Waals surface area (Å²) < 4.78 is 11.0. The minimum atomic E-state index is -0.144. The topological polar surface area (TPSA) is 79.5 Å². The number of amides is 2. The SMILES string of the molecule is COc1ccc(CN(C[C@H]2CCCO2)C(=O)Nc2ccc3[nH]ncc3c2)cc1. The molecule has 2 amide bonds. The van der Waals surface area contributed by atoms with Crippen LogP contribution in [0.2, 0.25) is 0 Å². The largest absolute Gasteiger partial charge is 0.497 e. The number of rotatable bonds is 6. The Hall–Kier alpha value is -3.06. The highest BCUT2D eigenvalue weighted by Crippen LogP contribution is 2.20. The summed E-state index contributed by atoms with van der Waals surface area (Å²) in [5.41, 5.74) is 2.72. The van der Waals surface area contributed by atoms with Crippen LogP contribution in [-0.4, -0.2) is 47.5 Å². The van der Waals surface area contributed by atoms with Gasteiger partial charge >= 0.3 is 6.03 Å². The molecular formula is C21H24N4O3. The van der Waals surface area contributed by atoms with Crippen LogP contribution in [0.25, 0.3) is 10.9 Å². The number of ether oxygens (including phenoxy) is 2. The fourth-order valence-corrected chi connectivity index (χ4v) is 3.43.